The van der Waals surface area contributed by atoms with Gasteiger partial charge >= 0.3 is 7.12 Å². The molecular formula is C29H43BO2Si. The van der Waals surface area contributed by atoms with Crippen LogP contribution in [-0.4, -0.2) is 26.4 Å². The molecule has 0 aromatic heterocycles. The van der Waals surface area contributed by atoms with Crippen molar-refractivity contribution in [3.63, 3.8) is 0 Å². The predicted molar refractivity (Wildman–Crippen MR) is 146 cm³/mol. The van der Waals surface area contributed by atoms with Crippen LogP contribution in [0, 0.1) is 5.92 Å². The lowest BCUT2D eigenvalue weighted by Gasteiger charge is -2.43. The molecule has 2 aromatic rings. The Morgan fingerprint density at radius 2 is 1.24 bits per heavy atom. The molecule has 1 saturated heterocycles. The van der Waals surface area contributed by atoms with E-state index in [-0.39, 0.29) is 18.3 Å². The van der Waals surface area contributed by atoms with Gasteiger partial charge in [-0.2, -0.15) is 0 Å². The number of hydrogen-bond donors (Lipinski definition) is 0. The van der Waals surface area contributed by atoms with Crippen LogP contribution in [0.2, 0.25) is 12.1 Å². The summed E-state index contributed by atoms with van der Waals surface area (Å²) in [6, 6.07) is 22.5. The Kier molecular flexibility index (Phi) is 8.14. The highest BCUT2D eigenvalue weighted by molar-refractivity contribution is 7.02. The molecule has 1 fully saturated rings. The summed E-state index contributed by atoms with van der Waals surface area (Å²) >= 11 is 0. The third kappa shape index (κ3) is 5.08. The average molecular weight is 463 g/mol. The maximum absolute atomic E-state index is 6.50. The lowest BCUT2D eigenvalue weighted by molar-refractivity contribution is 0.00578. The van der Waals surface area contributed by atoms with E-state index in [1.165, 1.54) is 16.8 Å². The first kappa shape index (κ1) is 26.0. The topological polar surface area (TPSA) is 18.5 Å². The van der Waals surface area contributed by atoms with Crippen molar-refractivity contribution in [1.29, 1.82) is 0 Å². The van der Waals surface area contributed by atoms with Gasteiger partial charge in [-0.1, -0.05) is 111 Å². The Bertz CT molecular complexity index is 854. The molecule has 0 spiro atoms. The molecule has 1 aliphatic heterocycles. The minimum atomic E-state index is -2.11. The molecule has 0 amide bonds. The molecule has 0 aliphatic carbocycles. The van der Waals surface area contributed by atoms with Crippen molar-refractivity contribution in [3.05, 3.63) is 72.7 Å². The Labute approximate surface area is 203 Å². The van der Waals surface area contributed by atoms with Crippen molar-refractivity contribution in [3.8, 4) is 0 Å². The molecule has 2 nitrogen and oxygen atoms in total. The van der Waals surface area contributed by atoms with Gasteiger partial charge in [-0.3, -0.25) is 0 Å². The van der Waals surface area contributed by atoms with Crippen LogP contribution < -0.4 is 10.4 Å². The van der Waals surface area contributed by atoms with Crippen molar-refractivity contribution in [2.24, 2.45) is 5.92 Å². The second-order valence-electron chi connectivity index (χ2n) is 10.9. The average Bonchev–Trinajstić information content (AvgIpc) is 3.03. The van der Waals surface area contributed by atoms with Crippen LogP contribution >= 0.6 is 0 Å². The molecule has 2 aromatic carbocycles. The molecule has 0 N–H and O–H groups in total. The first-order valence-electron chi connectivity index (χ1n) is 12.7. The van der Waals surface area contributed by atoms with Gasteiger partial charge in [-0.25, -0.2) is 0 Å². The molecule has 2 atom stereocenters. The summed E-state index contributed by atoms with van der Waals surface area (Å²) in [5, 5.41) is 3.00. The summed E-state index contributed by atoms with van der Waals surface area (Å²) in [4.78, 5) is 0. The van der Waals surface area contributed by atoms with Crippen LogP contribution in [0.15, 0.2) is 72.7 Å². The lowest BCUT2D eigenvalue weighted by atomic mass is 9.69. The molecule has 0 radical (unpaired) electrons. The van der Waals surface area contributed by atoms with Crippen LogP contribution in [0.4, 0.5) is 0 Å². The van der Waals surface area contributed by atoms with Gasteiger partial charge in [0.2, 0.25) is 0 Å². The van der Waals surface area contributed by atoms with Gasteiger partial charge in [0.1, 0.15) is 8.07 Å². The summed E-state index contributed by atoms with van der Waals surface area (Å²) < 4.78 is 13.0. The molecule has 4 heteroatoms. The van der Waals surface area contributed by atoms with Crippen LogP contribution in [0.25, 0.3) is 0 Å². The van der Waals surface area contributed by atoms with Gasteiger partial charge < -0.3 is 9.31 Å². The Morgan fingerprint density at radius 1 is 0.818 bits per heavy atom. The molecule has 0 unspecified atom stereocenters. The predicted octanol–water partition coefficient (Wildman–Crippen LogP) is 6.65. The number of hydrogen-bond acceptors (Lipinski definition) is 2. The van der Waals surface area contributed by atoms with Crippen LogP contribution in [0.3, 0.4) is 0 Å². The van der Waals surface area contributed by atoms with Gasteiger partial charge in [-0.15, -0.1) is 6.58 Å². The van der Waals surface area contributed by atoms with Crippen molar-refractivity contribution in [1.82, 2.24) is 0 Å². The van der Waals surface area contributed by atoms with Crippen LogP contribution in [-0.2, 0) is 9.31 Å². The van der Waals surface area contributed by atoms with Gasteiger partial charge in [0.25, 0.3) is 0 Å². The maximum Gasteiger partial charge on any atom is 0.490 e. The zero-order valence-electron chi connectivity index (χ0n) is 21.9. The zero-order chi connectivity index (χ0) is 24.3. The second kappa shape index (κ2) is 10.3. The lowest BCUT2D eigenvalue weighted by Crippen LogP contribution is -2.61. The molecule has 178 valence electrons. The second-order valence-corrected chi connectivity index (χ2v) is 15.2. The van der Waals surface area contributed by atoms with Crippen molar-refractivity contribution < 1.29 is 9.31 Å². The fourth-order valence-electron chi connectivity index (χ4n) is 5.49. The van der Waals surface area contributed by atoms with E-state index < -0.39 is 8.07 Å². The van der Waals surface area contributed by atoms with E-state index in [4.69, 9.17) is 9.31 Å². The fourth-order valence-corrected chi connectivity index (χ4v) is 10.5. The van der Waals surface area contributed by atoms with Crippen molar-refractivity contribution in [2.75, 3.05) is 0 Å². The minimum absolute atomic E-state index is 0.349. The maximum atomic E-state index is 6.50. The number of allylic oxidation sites excluding steroid dienone is 1. The number of benzene rings is 2. The molecule has 0 saturated carbocycles. The van der Waals surface area contributed by atoms with E-state index in [0.29, 0.717) is 11.5 Å². The van der Waals surface area contributed by atoms with E-state index in [9.17, 15) is 0 Å². The third-order valence-corrected chi connectivity index (χ3v) is 13.4. The van der Waals surface area contributed by atoms with E-state index >= 15 is 0 Å². The SMILES string of the molecule is C=C(B1OC(C)(C)C(C)(C)O1)[C@H](CCC)[C@H](CCC)[Si](C)(c1ccccc1)c1ccccc1. The van der Waals surface area contributed by atoms with Gasteiger partial charge in [-0.05, 0) is 51.0 Å². The molecular weight excluding hydrogens is 419 g/mol. The van der Waals surface area contributed by atoms with E-state index in [2.05, 4.69) is 115 Å². The minimum Gasteiger partial charge on any atom is -0.400 e. The summed E-state index contributed by atoms with van der Waals surface area (Å²) in [6.07, 6.45) is 4.56. The summed E-state index contributed by atoms with van der Waals surface area (Å²) in [6.45, 7) is 20.4. The zero-order valence-corrected chi connectivity index (χ0v) is 22.9. The largest absolute Gasteiger partial charge is 0.490 e. The summed E-state index contributed by atoms with van der Waals surface area (Å²) in [5.74, 6) is 0.349. The fraction of sp³-hybridized carbons (Fsp3) is 0.517. The molecule has 0 bridgehead atoms. The number of rotatable bonds is 10. The van der Waals surface area contributed by atoms with Gasteiger partial charge in [0.05, 0.1) is 11.2 Å². The first-order chi connectivity index (χ1) is 15.6. The Balaban J connectivity index is 2.10. The Morgan fingerprint density at radius 3 is 1.64 bits per heavy atom. The smallest absolute Gasteiger partial charge is 0.400 e. The van der Waals surface area contributed by atoms with Crippen LogP contribution in [0.5, 0.6) is 0 Å². The highest BCUT2D eigenvalue weighted by atomic mass is 28.3. The first-order valence-corrected chi connectivity index (χ1v) is 15.3. The Hall–Kier alpha value is -1.62. The van der Waals surface area contributed by atoms with Gasteiger partial charge in [0.15, 0.2) is 0 Å². The van der Waals surface area contributed by atoms with E-state index in [0.717, 1.165) is 24.7 Å². The monoisotopic (exact) mass is 462 g/mol. The van der Waals surface area contributed by atoms with Gasteiger partial charge in [0, 0.05) is 0 Å². The standard InChI is InChI=1S/C29H43BO2Si/c1-9-17-26(23(3)30-31-28(4,5)29(6,7)32-30)27(18-10-2)33(8,24-19-13-11-14-20-24)25-21-15-12-16-22-25/h11-16,19-22,26-27H,3,9-10,17-18H2,1-2,4-8H3/t26-,27-/m0/s1. The van der Waals surface area contributed by atoms with Crippen molar-refractivity contribution >= 4 is 25.6 Å². The summed E-state index contributed by atoms with van der Waals surface area (Å²) in [5.41, 5.74) is 0.937. The molecule has 3 rings (SSSR count). The molecule has 1 aliphatic rings. The quantitative estimate of drug-likeness (QED) is 0.368. The van der Waals surface area contributed by atoms with Crippen molar-refractivity contribution in [2.45, 2.75) is 90.5 Å². The van der Waals surface area contributed by atoms with E-state index in [1.807, 2.05) is 0 Å². The van der Waals surface area contributed by atoms with E-state index in [1.54, 1.807) is 0 Å². The van der Waals surface area contributed by atoms with Crippen LogP contribution in [0.1, 0.15) is 67.2 Å². The third-order valence-electron chi connectivity index (χ3n) is 8.21. The molecule has 33 heavy (non-hydrogen) atoms. The summed E-state index contributed by atoms with van der Waals surface area (Å²) in [7, 11) is -2.46. The highest BCUT2D eigenvalue weighted by Crippen LogP contribution is 2.45. The molecule has 1 heterocycles. The highest BCUT2D eigenvalue weighted by Gasteiger charge is 2.54. The normalized spacial score (nSPS) is 19.3.